The molecule has 32 heavy (non-hydrogen) atoms. The van der Waals surface area contributed by atoms with Gasteiger partial charge in [0.15, 0.2) is 0 Å². The fraction of sp³-hybridized carbons (Fsp3) is 0.348. The number of carbonyl (C=O) groups is 1. The average molecular weight is 471 g/mol. The smallest absolute Gasteiger partial charge is 0.286 e. The molecule has 2 heterocycles. The van der Waals surface area contributed by atoms with Gasteiger partial charge in [-0.1, -0.05) is 46.7 Å². The van der Waals surface area contributed by atoms with E-state index in [0.717, 1.165) is 29.5 Å². The van der Waals surface area contributed by atoms with Crippen LogP contribution in [0.5, 0.6) is 0 Å². The monoisotopic (exact) mass is 470 g/mol. The number of amides is 1. The van der Waals surface area contributed by atoms with E-state index in [2.05, 4.69) is 15.5 Å². The molecule has 168 valence electrons. The van der Waals surface area contributed by atoms with Crippen molar-refractivity contribution in [2.24, 2.45) is 0 Å². The van der Waals surface area contributed by atoms with E-state index in [0.29, 0.717) is 28.7 Å². The minimum Gasteiger partial charge on any atom is -0.320 e. The molecule has 4 rings (SSSR count). The Hall–Kier alpha value is -2.62. The van der Waals surface area contributed by atoms with Crippen molar-refractivity contribution in [1.29, 1.82) is 0 Å². The van der Waals surface area contributed by atoms with Crippen molar-refractivity contribution in [3.8, 4) is 0 Å². The molecular weight excluding hydrogens is 444 g/mol. The minimum absolute atomic E-state index is 0.0808. The molecule has 0 radical (unpaired) electrons. The summed E-state index contributed by atoms with van der Waals surface area (Å²) in [6.07, 6.45) is 1.55. The van der Waals surface area contributed by atoms with Gasteiger partial charge in [0.05, 0.1) is 4.90 Å². The fourth-order valence-corrected chi connectivity index (χ4v) is 6.50. The molecule has 0 bridgehead atoms. The van der Waals surface area contributed by atoms with E-state index in [1.807, 2.05) is 57.2 Å². The Balaban J connectivity index is 1.48. The zero-order chi connectivity index (χ0) is 22.9. The van der Waals surface area contributed by atoms with Crippen molar-refractivity contribution >= 4 is 33.0 Å². The summed E-state index contributed by atoms with van der Waals surface area (Å²) in [5.41, 5.74) is 3.58. The number of benzene rings is 2. The third kappa shape index (κ3) is 4.74. The van der Waals surface area contributed by atoms with Crippen LogP contribution in [0, 0.1) is 20.8 Å². The fourth-order valence-electron chi connectivity index (χ4n) is 3.90. The van der Waals surface area contributed by atoms with Crippen molar-refractivity contribution in [3.63, 3.8) is 0 Å². The summed E-state index contributed by atoms with van der Waals surface area (Å²) < 4.78 is 28.1. The molecule has 0 spiro atoms. The summed E-state index contributed by atoms with van der Waals surface area (Å²) in [6, 6.07) is 12.9. The highest BCUT2D eigenvalue weighted by molar-refractivity contribution is 7.89. The van der Waals surface area contributed by atoms with E-state index in [1.165, 1.54) is 15.6 Å². The van der Waals surface area contributed by atoms with E-state index in [-0.39, 0.29) is 16.8 Å². The van der Waals surface area contributed by atoms with Crippen LogP contribution in [0.25, 0.3) is 0 Å². The third-order valence-electron chi connectivity index (χ3n) is 5.63. The van der Waals surface area contributed by atoms with Crippen molar-refractivity contribution in [2.75, 3.05) is 18.4 Å². The molecule has 3 aromatic rings. The van der Waals surface area contributed by atoms with Crippen LogP contribution < -0.4 is 5.32 Å². The second kappa shape index (κ2) is 9.09. The molecule has 1 aromatic heterocycles. The van der Waals surface area contributed by atoms with Gasteiger partial charge in [0.1, 0.15) is 5.01 Å². The quantitative estimate of drug-likeness (QED) is 0.601. The lowest BCUT2D eigenvalue weighted by Crippen LogP contribution is -2.39. The van der Waals surface area contributed by atoms with Crippen LogP contribution in [0.2, 0.25) is 0 Å². The van der Waals surface area contributed by atoms with Gasteiger partial charge in [0, 0.05) is 24.7 Å². The number of hydrogen-bond acceptors (Lipinski definition) is 6. The molecule has 1 aliphatic heterocycles. The summed E-state index contributed by atoms with van der Waals surface area (Å²) in [5.74, 6) is -0.393. The van der Waals surface area contributed by atoms with E-state index in [1.54, 1.807) is 6.07 Å². The Morgan fingerprint density at radius 1 is 1.06 bits per heavy atom. The lowest BCUT2D eigenvalue weighted by molar-refractivity contribution is 0.102. The first kappa shape index (κ1) is 22.6. The Kier molecular flexibility index (Phi) is 6.41. The number of aryl methyl sites for hydroxylation is 3. The van der Waals surface area contributed by atoms with Crippen molar-refractivity contribution in [2.45, 2.75) is 44.4 Å². The molecule has 1 N–H and O–H groups in total. The molecular formula is C23H26N4O3S2. The number of sulfonamides is 1. The SMILES string of the molecule is Cc1ccc(NC(=O)c2nnc([C@H]3CCCN(S(=O)(=O)c4ccc(C)cc4C)C3)s2)cc1. The molecule has 1 saturated heterocycles. The summed E-state index contributed by atoms with van der Waals surface area (Å²) >= 11 is 1.23. The number of nitrogens with one attached hydrogen (secondary N) is 1. The predicted octanol–water partition coefficient (Wildman–Crippen LogP) is 4.28. The summed E-state index contributed by atoms with van der Waals surface area (Å²) in [6.45, 7) is 6.57. The maximum atomic E-state index is 13.3. The van der Waals surface area contributed by atoms with E-state index in [4.69, 9.17) is 0 Å². The topological polar surface area (TPSA) is 92.3 Å². The number of hydrogen-bond donors (Lipinski definition) is 1. The van der Waals surface area contributed by atoms with E-state index in [9.17, 15) is 13.2 Å². The molecule has 2 aromatic carbocycles. The number of aromatic nitrogens is 2. The largest absolute Gasteiger partial charge is 0.320 e. The molecule has 0 unspecified atom stereocenters. The van der Waals surface area contributed by atoms with Gasteiger partial charge < -0.3 is 5.32 Å². The van der Waals surface area contributed by atoms with Crippen LogP contribution >= 0.6 is 11.3 Å². The first-order valence-corrected chi connectivity index (χ1v) is 12.8. The van der Waals surface area contributed by atoms with E-state index < -0.39 is 10.0 Å². The standard InChI is InChI=1S/C23H26N4O3S2/c1-15-6-9-19(10-7-15)24-21(28)23-26-25-22(31-23)18-5-4-12-27(14-18)32(29,30)20-11-8-16(2)13-17(20)3/h6-11,13,18H,4-5,12,14H2,1-3H3,(H,24,28)/t18-/m0/s1. The average Bonchev–Trinajstić information content (AvgIpc) is 3.26. The van der Waals surface area contributed by atoms with Gasteiger partial charge in [0.25, 0.3) is 5.91 Å². The Morgan fingerprint density at radius 2 is 1.78 bits per heavy atom. The number of carbonyl (C=O) groups excluding carboxylic acids is 1. The molecule has 1 amide bonds. The second-order valence-electron chi connectivity index (χ2n) is 8.24. The summed E-state index contributed by atoms with van der Waals surface area (Å²) in [4.78, 5) is 12.9. The van der Waals surface area contributed by atoms with Gasteiger partial charge >= 0.3 is 0 Å². The van der Waals surface area contributed by atoms with Crippen LogP contribution in [0.15, 0.2) is 47.4 Å². The molecule has 1 atom stereocenters. The Bertz CT molecular complexity index is 1240. The van der Waals surface area contributed by atoms with Crippen LogP contribution in [0.3, 0.4) is 0 Å². The highest BCUT2D eigenvalue weighted by Crippen LogP contribution is 2.32. The van der Waals surface area contributed by atoms with Crippen LogP contribution in [0.1, 0.15) is 50.3 Å². The molecule has 7 nitrogen and oxygen atoms in total. The van der Waals surface area contributed by atoms with Gasteiger partial charge in [0.2, 0.25) is 15.0 Å². The summed E-state index contributed by atoms with van der Waals surface area (Å²) in [5, 5.41) is 12.1. The second-order valence-corrected chi connectivity index (χ2v) is 11.2. The number of nitrogens with zero attached hydrogens (tertiary/aromatic N) is 3. The first-order chi connectivity index (χ1) is 15.2. The van der Waals surface area contributed by atoms with Crippen molar-refractivity contribution in [1.82, 2.24) is 14.5 Å². The maximum absolute atomic E-state index is 13.3. The molecule has 0 saturated carbocycles. The van der Waals surface area contributed by atoms with Gasteiger partial charge in [-0.05, 0) is 57.4 Å². The lowest BCUT2D eigenvalue weighted by Gasteiger charge is -2.31. The molecule has 1 fully saturated rings. The first-order valence-electron chi connectivity index (χ1n) is 10.5. The maximum Gasteiger partial charge on any atom is 0.286 e. The predicted molar refractivity (Wildman–Crippen MR) is 126 cm³/mol. The molecule has 9 heteroatoms. The van der Waals surface area contributed by atoms with Crippen molar-refractivity contribution < 1.29 is 13.2 Å². The summed E-state index contributed by atoms with van der Waals surface area (Å²) in [7, 11) is -3.59. The van der Waals surface area contributed by atoms with Crippen molar-refractivity contribution in [3.05, 3.63) is 69.2 Å². The highest BCUT2D eigenvalue weighted by atomic mass is 32.2. The zero-order valence-electron chi connectivity index (χ0n) is 18.3. The van der Waals surface area contributed by atoms with Crippen LogP contribution in [-0.2, 0) is 10.0 Å². The number of anilines is 1. The highest BCUT2D eigenvalue weighted by Gasteiger charge is 2.33. The third-order valence-corrected chi connectivity index (χ3v) is 8.74. The number of rotatable bonds is 5. The van der Waals surface area contributed by atoms with Crippen LogP contribution in [-0.4, -0.2) is 41.9 Å². The van der Waals surface area contributed by atoms with E-state index >= 15 is 0 Å². The Morgan fingerprint density at radius 3 is 2.50 bits per heavy atom. The molecule has 0 aliphatic carbocycles. The Labute approximate surface area is 192 Å². The van der Waals surface area contributed by atoms with Crippen LogP contribution in [0.4, 0.5) is 5.69 Å². The van der Waals surface area contributed by atoms with Gasteiger partial charge in [-0.2, -0.15) is 4.31 Å². The van der Waals surface area contributed by atoms with Gasteiger partial charge in [-0.3, -0.25) is 4.79 Å². The number of piperidine rings is 1. The van der Waals surface area contributed by atoms with Gasteiger partial charge in [-0.25, -0.2) is 8.42 Å². The molecule has 1 aliphatic rings. The minimum atomic E-state index is -3.59. The van der Waals surface area contributed by atoms with Gasteiger partial charge in [-0.15, -0.1) is 10.2 Å². The lowest BCUT2D eigenvalue weighted by atomic mass is 10.0. The normalized spacial score (nSPS) is 17.3. The zero-order valence-corrected chi connectivity index (χ0v) is 20.0.